The molecule has 0 N–H and O–H groups in total. The SMILES string of the molecule is Fc1cccc(Oc2nccc3c(Br)cnc(Cl)c23)c1. The van der Waals surface area contributed by atoms with Crippen molar-refractivity contribution in [3.8, 4) is 11.6 Å². The maximum absolute atomic E-state index is 13.2. The Morgan fingerprint density at radius 1 is 1.20 bits per heavy atom. The van der Waals surface area contributed by atoms with Gasteiger partial charge in [0.2, 0.25) is 5.88 Å². The van der Waals surface area contributed by atoms with Crippen LogP contribution in [0.5, 0.6) is 11.6 Å². The molecule has 100 valence electrons. The summed E-state index contributed by atoms with van der Waals surface area (Å²) in [6.07, 6.45) is 3.20. The van der Waals surface area contributed by atoms with Crippen LogP contribution in [-0.2, 0) is 0 Å². The lowest BCUT2D eigenvalue weighted by atomic mass is 10.2. The molecule has 0 spiro atoms. The topological polar surface area (TPSA) is 35.0 Å². The van der Waals surface area contributed by atoms with E-state index in [1.54, 1.807) is 30.6 Å². The van der Waals surface area contributed by atoms with Crippen LogP contribution in [0.3, 0.4) is 0 Å². The minimum absolute atomic E-state index is 0.280. The summed E-state index contributed by atoms with van der Waals surface area (Å²) < 4.78 is 19.6. The molecule has 3 nitrogen and oxygen atoms in total. The lowest BCUT2D eigenvalue weighted by Gasteiger charge is -2.09. The van der Waals surface area contributed by atoms with Crippen LogP contribution in [0.1, 0.15) is 0 Å². The molecule has 0 aliphatic carbocycles. The van der Waals surface area contributed by atoms with Gasteiger partial charge in [-0.2, -0.15) is 0 Å². The second-order valence-corrected chi connectivity index (χ2v) is 5.21. The molecule has 0 aliphatic heterocycles. The van der Waals surface area contributed by atoms with Gasteiger partial charge in [-0.25, -0.2) is 14.4 Å². The fourth-order valence-corrected chi connectivity index (χ4v) is 2.47. The molecule has 6 heteroatoms. The molecule has 0 aliphatic rings. The summed E-state index contributed by atoms with van der Waals surface area (Å²) in [7, 11) is 0. The molecular weight excluding hydrogens is 347 g/mol. The van der Waals surface area contributed by atoms with E-state index in [1.165, 1.54) is 12.1 Å². The van der Waals surface area contributed by atoms with Crippen molar-refractivity contribution in [3.63, 3.8) is 0 Å². The zero-order chi connectivity index (χ0) is 14.1. The number of pyridine rings is 2. The summed E-state index contributed by atoms with van der Waals surface area (Å²) in [6.45, 7) is 0. The number of ether oxygens (including phenoxy) is 1. The molecular formula is C14H7BrClFN2O. The van der Waals surface area contributed by atoms with E-state index in [0.29, 0.717) is 11.1 Å². The van der Waals surface area contributed by atoms with E-state index in [-0.39, 0.29) is 16.9 Å². The minimum atomic E-state index is -0.381. The van der Waals surface area contributed by atoms with Crippen LogP contribution in [-0.4, -0.2) is 9.97 Å². The van der Waals surface area contributed by atoms with Crippen LogP contribution < -0.4 is 4.74 Å². The maximum Gasteiger partial charge on any atom is 0.230 e. The van der Waals surface area contributed by atoms with Crippen molar-refractivity contribution in [2.24, 2.45) is 0 Å². The number of hydrogen-bond acceptors (Lipinski definition) is 3. The van der Waals surface area contributed by atoms with Gasteiger partial charge in [0.1, 0.15) is 16.7 Å². The molecule has 0 saturated carbocycles. The second kappa shape index (κ2) is 5.34. The summed E-state index contributed by atoms with van der Waals surface area (Å²) >= 11 is 9.50. The normalized spacial score (nSPS) is 10.8. The molecule has 3 aromatic rings. The number of hydrogen-bond donors (Lipinski definition) is 0. The fraction of sp³-hybridized carbons (Fsp3) is 0. The Balaban J connectivity index is 2.15. The Labute approximate surface area is 127 Å². The highest BCUT2D eigenvalue weighted by Crippen LogP contribution is 2.35. The van der Waals surface area contributed by atoms with Crippen molar-refractivity contribution < 1.29 is 9.13 Å². The van der Waals surface area contributed by atoms with E-state index in [9.17, 15) is 4.39 Å². The summed E-state index contributed by atoms with van der Waals surface area (Å²) in [5.41, 5.74) is 0. The van der Waals surface area contributed by atoms with Crippen LogP contribution in [0, 0.1) is 5.82 Å². The molecule has 1 aromatic carbocycles. The average Bonchev–Trinajstić information content (AvgIpc) is 2.43. The number of halogens is 3. The summed E-state index contributed by atoms with van der Waals surface area (Å²) in [6, 6.07) is 7.62. The van der Waals surface area contributed by atoms with Gasteiger partial charge in [-0.3, -0.25) is 0 Å². The third kappa shape index (κ3) is 2.46. The Hall–Kier alpha value is -1.72. The van der Waals surface area contributed by atoms with Crippen LogP contribution in [0.25, 0.3) is 10.8 Å². The van der Waals surface area contributed by atoms with Gasteiger partial charge in [-0.15, -0.1) is 0 Å². The summed E-state index contributed by atoms with van der Waals surface area (Å²) in [4.78, 5) is 8.20. The van der Waals surface area contributed by atoms with Crippen LogP contribution in [0.15, 0.2) is 47.2 Å². The predicted octanol–water partition coefficient (Wildman–Crippen LogP) is 4.98. The summed E-state index contributed by atoms with van der Waals surface area (Å²) in [5.74, 6) is 0.251. The van der Waals surface area contributed by atoms with E-state index in [0.717, 1.165) is 9.86 Å². The first kappa shape index (κ1) is 13.3. The predicted molar refractivity (Wildman–Crippen MR) is 78.7 cm³/mol. The number of nitrogens with zero attached hydrogens (tertiary/aromatic N) is 2. The molecule has 3 rings (SSSR count). The molecule has 0 bridgehead atoms. The molecule has 0 saturated heterocycles. The van der Waals surface area contributed by atoms with Gasteiger partial charge in [-0.05, 0) is 34.1 Å². The van der Waals surface area contributed by atoms with Crippen molar-refractivity contribution in [1.82, 2.24) is 9.97 Å². The number of aromatic nitrogens is 2. The molecule has 0 atom stereocenters. The lowest BCUT2D eigenvalue weighted by molar-refractivity contribution is 0.464. The van der Waals surface area contributed by atoms with Crippen LogP contribution in [0.4, 0.5) is 4.39 Å². The van der Waals surface area contributed by atoms with E-state index < -0.39 is 0 Å². The third-order valence-electron chi connectivity index (χ3n) is 2.68. The monoisotopic (exact) mass is 352 g/mol. The Morgan fingerprint density at radius 2 is 2.05 bits per heavy atom. The van der Waals surface area contributed by atoms with Gasteiger partial charge in [0.25, 0.3) is 0 Å². The molecule has 0 radical (unpaired) electrons. The lowest BCUT2D eigenvalue weighted by Crippen LogP contribution is -1.92. The molecule has 0 amide bonds. The number of fused-ring (bicyclic) bond motifs is 1. The molecule has 2 aromatic heterocycles. The van der Waals surface area contributed by atoms with Crippen molar-refractivity contribution in [2.75, 3.05) is 0 Å². The standard InChI is InChI=1S/C14H7BrClFN2O/c15-11-7-19-13(16)12-10(11)4-5-18-14(12)20-9-3-1-2-8(17)6-9/h1-7H. The van der Waals surface area contributed by atoms with E-state index >= 15 is 0 Å². The highest BCUT2D eigenvalue weighted by molar-refractivity contribution is 9.10. The number of rotatable bonds is 2. The van der Waals surface area contributed by atoms with E-state index in [1.807, 2.05) is 0 Å². The summed E-state index contributed by atoms with van der Waals surface area (Å²) in [5, 5.41) is 1.68. The van der Waals surface area contributed by atoms with Crippen molar-refractivity contribution in [1.29, 1.82) is 0 Å². The molecule has 0 unspecified atom stereocenters. The Morgan fingerprint density at radius 3 is 2.85 bits per heavy atom. The fourth-order valence-electron chi connectivity index (χ4n) is 1.81. The quantitative estimate of drug-likeness (QED) is 0.610. The smallest absolute Gasteiger partial charge is 0.230 e. The highest BCUT2D eigenvalue weighted by Gasteiger charge is 2.12. The van der Waals surface area contributed by atoms with Crippen LogP contribution >= 0.6 is 27.5 Å². The second-order valence-electron chi connectivity index (χ2n) is 4.00. The molecule has 0 fully saturated rings. The highest BCUT2D eigenvalue weighted by atomic mass is 79.9. The minimum Gasteiger partial charge on any atom is -0.438 e. The Kier molecular flexibility index (Phi) is 3.54. The zero-order valence-corrected chi connectivity index (χ0v) is 12.3. The van der Waals surface area contributed by atoms with E-state index in [2.05, 4.69) is 25.9 Å². The number of benzene rings is 1. The van der Waals surface area contributed by atoms with Gasteiger partial charge in [0.15, 0.2) is 0 Å². The molecule has 20 heavy (non-hydrogen) atoms. The van der Waals surface area contributed by atoms with Crippen molar-refractivity contribution in [2.45, 2.75) is 0 Å². The van der Waals surface area contributed by atoms with Gasteiger partial charge in [-0.1, -0.05) is 17.7 Å². The average molecular weight is 354 g/mol. The van der Waals surface area contributed by atoms with Gasteiger partial charge >= 0.3 is 0 Å². The van der Waals surface area contributed by atoms with E-state index in [4.69, 9.17) is 16.3 Å². The molecule has 2 heterocycles. The first-order valence-electron chi connectivity index (χ1n) is 5.67. The zero-order valence-electron chi connectivity index (χ0n) is 9.98. The Bertz CT molecular complexity index is 797. The largest absolute Gasteiger partial charge is 0.438 e. The van der Waals surface area contributed by atoms with Crippen molar-refractivity contribution in [3.05, 3.63) is 58.2 Å². The van der Waals surface area contributed by atoms with Crippen molar-refractivity contribution >= 4 is 38.3 Å². The van der Waals surface area contributed by atoms with Crippen LogP contribution in [0.2, 0.25) is 5.15 Å². The first-order valence-corrected chi connectivity index (χ1v) is 6.84. The van der Waals surface area contributed by atoms with Gasteiger partial charge in [0, 0.05) is 28.3 Å². The third-order valence-corrected chi connectivity index (χ3v) is 3.60. The van der Waals surface area contributed by atoms with Gasteiger partial charge < -0.3 is 4.74 Å². The van der Waals surface area contributed by atoms with Gasteiger partial charge in [0.05, 0.1) is 5.39 Å². The first-order chi connectivity index (χ1) is 9.65. The maximum atomic E-state index is 13.2.